The van der Waals surface area contributed by atoms with Gasteiger partial charge in [-0.3, -0.25) is 9.59 Å². The first-order chi connectivity index (χ1) is 39.4. The van der Waals surface area contributed by atoms with Crippen molar-refractivity contribution < 1.29 is 84.2 Å². The summed E-state index contributed by atoms with van der Waals surface area (Å²) >= 11 is 0. The smallest absolute Gasteiger partial charge is 0.149 e. The zero-order chi connectivity index (χ0) is 61.3. The number of anilines is 2. The first-order valence-corrected chi connectivity index (χ1v) is 29.9. The van der Waals surface area contributed by atoms with E-state index in [1.807, 2.05) is 127 Å². The van der Waals surface area contributed by atoms with Crippen LogP contribution in [0.25, 0.3) is 0 Å². The SMILES string of the molecule is CC.CC.CC.CC.[CH2-][N+]1=C(C=CC=C2N(CC(C)=O)c3ccccc3C2(C)C)C(C)(CC)c2ccccc21.[CH2-][N+]1=C(C=CC=C2N(CC(C)=O)c3ccccc3C2(C)CC)C(C)(C)c2ccccc21.[Y].[Y].[c-]1ccccc1.[c-]1ccccc1. The molecule has 4 heterocycles. The van der Waals surface area contributed by atoms with Crippen molar-refractivity contribution >= 4 is 45.7 Å². The van der Waals surface area contributed by atoms with Crippen LogP contribution >= 0.6 is 0 Å². The number of carbonyl (C=O) groups is 2. The summed E-state index contributed by atoms with van der Waals surface area (Å²) in [4.78, 5) is 28.5. The monoisotopic (exact) mass is 1280 g/mol. The van der Waals surface area contributed by atoms with Crippen molar-refractivity contribution in [2.24, 2.45) is 0 Å². The van der Waals surface area contributed by atoms with E-state index in [1.54, 1.807) is 13.8 Å². The Bertz CT molecular complexity index is 3080. The van der Waals surface area contributed by atoms with Crippen LogP contribution in [0.1, 0.15) is 160 Å². The minimum Gasteiger partial charge on any atom is -0.337 e. The minimum atomic E-state index is -0.169. The molecule has 442 valence electrons. The van der Waals surface area contributed by atoms with Gasteiger partial charge in [0.05, 0.1) is 24.5 Å². The molecular weight excluding hydrogens is 1180 g/mol. The molecule has 0 spiro atoms. The van der Waals surface area contributed by atoms with E-state index in [-0.39, 0.29) is 98.6 Å². The Morgan fingerprint density at radius 2 is 0.810 bits per heavy atom. The number of benzene rings is 6. The normalized spacial score (nSPS) is 18.4. The number of para-hydroxylation sites is 4. The molecule has 2 unspecified atom stereocenters. The van der Waals surface area contributed by atoms with E-state index in [9.17, 15) is 9.59 Å². The molecule has 84 heavy (non-hydrogen) atoms. The molecule has 0 N–H and O–H groups in total. The fourth-order valence-electron chi connectivity index (χ4n) is 11.0. The first kappa shape index (κ1) is 76.5. The topological polar surface area (TPSA) is 46.6 Å². The summed E-state index contributed by atoms with van der Waals surface area (Å²) in [6.07, 6.45) is 14.9. The number of allylic oxidation sites excluding steroid dienone is 8. The van der Waals surface area contributed by atoms with Crippen molar-refractivity contribution in [2.45, 2.75) is 159 Å². The van der Waals surface area contributed by atoms with Gasteiger partial charge in [0.1, 0.15) is 22.9 Å². The van der Waals surface area contributed by atoms with Crippen LogP contribution in [0.5, 0.6) is 0 Å². The largest absolute Gasteiger partial charge is 0.337 e. The van der Waals surface area contributed by atoms with Crippen LogP contribution in [-0.2, 0) is 96.7 Å². The number of nitrogens with zero attached hydrogens (tertiary/aromatic N) is 4. The van der Waals surface area contributed by atoms with E-state index < -0.39 is 0 Å². The molecule has 0 fully saturated rings. The minimum absolute atomic E-state index is 0. The number of rotatable bonds is 10. The van der Waals surface area contributed by atoms with Crippen LogP contribution < -0.4 is 9.80 Å². The van der Waals surface area contributed by atoms with Crippen molar-refractivity contribution in [2.75, 3.05) is 22.9 Å². The molecule has 0 bridgehead atoms. The van der Waals surface area contributed by atoms with E-state index in [1.165, 1.54) is 39.3 Å². The third-order valence-electron chi connectivity index (χ3n) is 15.3. The molecule has 6 nitrogen and oxygen atoms in total. The van der Waals surface area contributed by atoms with Crippen LogP contribution in [0, 0.1) is 26.2 Å². The van der Waals surface area contributed by atoms with Gasteiger partial charge in [0, 0.05) is 124 Å². The van der Waals surface area contributed by atoms with Crippen LogP contribution in [0.2, 0.25) is 0 Å². The number of carbonyl (C=O) groups excluding carboxylic acids is 2. The zero-order valence-corrected chi connectivity index (χ0v) is 60.2. The summed E-state index contributed by atoms with van der Waals surface area (Å²) in [6.45, 7) is 38.1. The summed E-state index contributed by atoms with van der Waals surface area (Å²) in [5, 5.41) is 0. The number of hydrogen-bond donors (Lipinski definition) is 0. The number of hydrogen-bond acceptors (Lipinski definition) is 4. The predicted molar refractivity (Wildman–Crippen MR) is 354 cm³/mol. The average Bonchev–Trinajstić information content (AvgIpc) is 2.03. The van der Waals surface area contributed by atoms with Gasteiger partial charge in [0.25, 0.3) is 0 Å². The third kappa shape index (κ3) is 17.8. The second-order valence-electron chi connectivity index (χ2n) is 20.9. The van der Waals surface area contributed by atoms with Gasteiger partial charge >= 0.3 is 0 Å². The van der Waals surface area contributed by atoms with E-state index in [0.29, 0.717) is 13.1 Å². The molecule has 0 aromatic heterocycles. The molecule has 10 rings (SSSR count). The molecular formula is C76H98N4O2Y2-2. The molecule has 6 aromatic rings. The molecule has 0 amide bonds. The Balaban J connectivity index is 0.000000624. The van der Waals surface area contributed by atoms with Crippen LogP contribution in [0.15, 0.2) is 206 Å². The summed E-state index contributed by atoms with van der Waals surface area (Å²) in [5.41, 5.74) is 14.0. The molecule has 4 aliphatic heterocycles. The van der Waals surface area contributed by atoms with Crippen molar-refractivity contribution in [3.05, 3.63) is 254 Å². The summed E-state index contributed by atoms with van der Waals surface area (Å²) in [6, 6.07) is 58.8. The summed E-state index contributed by atoms with van der Waals surface area (Å²) in [5.74, 6) is 0.321. The van der Waals surface area contributed by atoms with Gasteiger partial charge in [-0.15, -0.1) is 0 Å². The second kappa shape index (κ2) is 37.2. The average molecular weight is 1280 g/mol. The molecule has 4 aliphatic rings. The van der Waals surface area contributed by atoms with Crippen molar-refractivity contribution in [3.63, 3.8) is 0 Å². The Morgan fingerprint density at radius 1 is 0.452 bits per heavy atom. The van der Waals surface area contributed by atoms with Crippen molar-refractivity contribution in [3.8, 4) is 0 Å². The van der Waals surface area contributed by atoms with Gasteiger partial charge in [0.15, 0.2) is 0 Å². The van der Waals surface area contributed by atoms with E-state index >= 15 is 0 Å². The maximum absolute atomic E-state index is 12.1. The molecule has 6 aromatic carbocycles. The number of Topliss-reactive ketones (excluding diaryl/α,β-unsaturated/α-hetero) is 2. The molecule has 2 atom stereocenters. The maximum Gasteiger partial charge on any atom is 0.149 e. The van der Waals surface area contributed by atoms with E-state index in [4.69, 9.17) is 0 Å². The molecule has 2 radical (unpaired) electrons. The van der Waals surface area contributed by atoms with Crippen LogP contribution in [0.4, 0.5) is 22.7 Å². The maximum atomic E-state index is 12.1. The van der Waals surface area contributed by atoms with E-state index in [0.717, 1.165) is 41.3 Å². The molecule has 0 saturated carbocycles. The van der Waals surface area contributed by atoms with Crippen LogP contribution in [-0.4, -0.2) is 45.2 Å². The zero-order valence-electron chi connectivity index (χ0n) is 54.5. The third-order valence-corrected chi connectivity index (χ3v) is 15.3. The number of fused-ring (bicyclic) bond motifs is 4. The van der Waals surface area contributed by atoms with Gasteiger partial charge in [-0.1, -0.05) is 201 Å². The predicted octanol–water partition coefficient (Wildman–Crippen LogP) is 19.2. The quantitative estimate of drug-likeness (QED) is 0.101. The van der Waals surface area contributed by atoms with Gasteiger partial charge < -0.3 is 19.0 Å². The fraction of sp³-hybridized carbons (Fsp3) is 0.342. The van der Waals surface area contributed by atoms with Gasteiger partial charge in [0.2, 0.25) is 0 Å². The Labute approximate surface area is 560 Å². The van der Waals surface area contributed by atoms with Crippen molar-refractivity contribution in [1.29, 1.82) is 0 Å². The van der Waals surface area contributed by atoms with E-state index in [2.05, 4.69) is 223 Å². The summed E-state index contributed by atoms with van der Waals surface area (Å²) in [7, 11) is 8.65. The van der Waals surface area contributed by atoms with Crippen LogP contribution in [0.3, 0.4) is 0 Å². The first-order valence-electron chi connectivity index (χ1n) is 29.9. The second-order valence-corrected chi connectivity index (χ2v) is 20.9. The van der Waals surface area contributed by atoms with Gasteiger partial charge in [-0.2, -0.15) is 72.8 Å². The molecule has 0 saturated heterocycles. The summed E-state index contributed by atoms with van der Waals surface area (Å²) < 4.78 is 4.11. The Hall–Kier alpha value is -5.49. The standard InChI is InChI=1S/2C28H32N2O.2C6H5.4C2H6.2Y/c1-7-28(5)22-14-9-10-15-23(22)29(6)26(28)18-12-17-25-27(3,4)21-13-8-11-16-24(21)30(25)19-20(2)31;1-7-28(5)22-14-9-11-16-24(22)30(19-20(2)31)26(28)18-12-17-25-27(3,4)21-13-8-10-15-23(21)29(25)6;2*1-2-4-6-5-3-1;4*1-2;;/h2*8-18H,6-7,19H2,1-5H3;2*1-5H;4*1-2H3;;/q;;2*-1;;;;;;. The molecule has 8 heteroatoms. The Morgan fingerprint density at radius 3 is 1.23 bits per heavy atom. The fourth-order valence-corrected chi connectivity index (χ4v) is 11.0. The molecule has 0 aliphatic carbocycles. The van der Waals surface area contributed by atoms with Crippen molar-refractivity contribution in [1.82, 2.24) is 0 Å². The number of ketones is 2. The van der Waals surface area contributed by atoms with Gasteiger partial charge in [-0.05, 0) is 92.3 Å². The Kier molecular flexibility index (Phi) is 33.8. The van der Waals surface area contributed by atoms with Gasteiger partial charge in [-0.25, -0.2) is 0 Å².